The number of hydrogen-bond donors (Lipinski definition) is 2. The Labute approximate surface area is 174 Å². The van der Waals surface area contributed by atoms with Crippen molar-refractivity contribution in [2.45, 2.75) is 22.7 Å². The molecule has 0 atom stereocenters. The standard InChI is InChI=1S/C17H15ClN4O5S2/c1-8-3-12(16(24)27-2)13-14(20-8)21-17(22-15(13)23)28-7-9-4-10(18)6-11(5-9)29(19,25)26/h3-6H,7H2,1-2H3,(H2,19,25,26)(H,20,21,22,23). The highest BCUT2D eigenvalue weighted by Gasteiger charge is 2.18. The summed E-state index contributed by atoms with van der Waals surface area (Å²) in [4.78, 5) is 35.5. The molecule has 2 heterocycles. The maximum Gasteiger partial charge on any atom is 0.338 e. The highest BCUT2D eigenvalue weighted by atomic mass is 35.5. The summed E-state index contributed by atoms with van der Waals surface area (Å²) in [6.45, 7) is 1.67. The van der Waals surface area contributed by atoms with E-state index in [9.17, 15) is 18.0 Å². The van der Waals surface area contributed by atoms with Crippen molar-refractivity contribution < 1.29 is 17.9 Å². The van der Waals surface area contributed by atoms with Crippen LogP contribution in [0.25, 0.3) is 11.0 Å². The molecule has 0 amide bonds. The van der Waals surface area contributed by atoms with Gasteiger partial charge in [0.2, 0.25) is 10.0 Å². The molecule has 3 rings (SSSR count). The molecule has 9 nitrogen and oxygen atoms in total. The largest absolute Gasteiger partial charge is 0.465 e. The fourth-order valence-electron chi connectivity index (χ4n) is 2.60. The predicted molar refractivity (Wildman–Crippen MR) is 109 cm³/mol. The van der Waals surface area contributed by atoms with E-state index in [1.165, 1.54) is 25.3 Å². The molecule has 152 valence electrons. The van der Waals surface area contributed by atoms with Crippen LogP contribution in [0.15, 0.2) is 39.1 Å². The molecule has 0 unspecified atom stereocenters. The van der Waals surface area contributed by atoms with Crippen LogP contribution >= 0.6 is 23.4 Å². The lowest BCUT2D eigenvalue weighted by molar-refractivity contribution is 0.0602. The number of ether oxygens (including phenoxy) is 1. The first-order valence-corrected chi connectivity index (χ1v) is 10.9. The van der Waals surface area contributed by atoms with Gasteiger partial charge in [0.15, 0.2) is 10.8 Å². The van der Waals surface area contributed by atoms with Crippen LogP contribution in [0.3, 0.4) is 0 Å². The number of pyridine rings is 1. The number of aryl methyl sites for hydroxylation is 1. The molecular weight excluding hydrogens is 440 g/mol. The molecule has 2 aromatic heterocycles. The lowest BCUT2D eigenvalue weighted by Gasteiger charge is -2.08. The lowest BCUT2D eigenvalue weighted by Crippen LogP contribution is -2.16. The molecule has 0 aliphatic heterocycles. The maximum absolute atomic E-state index is 12.5. The minimum atomic E-state index is -3.91. The maximum atomic E-state index is 12.5. The zero-order chi connectivity index (χ0) is 21.3. The van der Waals surface area contributed by atoms with Crippen LogP contribution in [0.5, 0.6) is 0 Å². The topological polar surface area (TPSA) is 145 Å². The van der Waals surface area contributed by atoms with Crippen LogP contribution < -0.4 is 10.7 Å². The molecule has 0 bridgehead atoms. The number of rotatable bonds is 5. The molecule has 29 heavy (non-hydrogen) atoms. The molecule has 0 spiro atoms. The Balaban J connectivity index is 1.98. The highest BCUT2D eigenvalue weighted by molar-refractivity contribution is 7.98. The molecule has 3 N–H and O–H groups in total. The number of fused-ring (bicyclic) bond motifs is 1. The highest BCUT2D eigenvalue weighted by Crippen LogP contribution is 2.25. The Kier molecular flexibility index (Phi) is 5.94. The summed E-state index contributed by atoms with van der Waals surface area (Å²) in [5.74, 6) is -0.407. The Bertz CT molecular complexity index is 1290. The van der Waals surface area contributed by atoms with E-state index in [0.29, 0.717) is 11.3 Å². The number of nitrogens with one attached hydrogen (secondary N) is 1. The number of hydrogen-bond acceptors (Lipinski definition) is 8. The van der Waals surface area contributed by atoms with Gasteiger partial charge in [-0.1, -0.05) is 23.4 Å². The SMILES string of the molecule is COC(=O)c1cc(C)nc2nc(SCc3cc(Cl)cc(S(N)(=O)=O)c3)[nH]c(=O)c12. The summed E-state index contributed by atoms with van der Waals surface area (Å²) in [7, 11) is -2.69. The van der Waals surface area contributed by atoms with Crippen molar-refractivity contribution >= 4 is 50.4 Å². The Hall–Kier alpha value is -2.47. The van der Waals surface area contributed by atoms with E-state index < -0.39 is 21.6 Å². The number of sulfonamides is 1. The number of benzene rings is 1. The van der Waals surface area contributed by atoms with Gasteiger partial charge in [-0.25, -0.2) is 28.3 Å². The number of halogens is 1. The number of methoxy groups -OCH3 is 1. The lowest BCUT2D eigenvalue weighted by atomic mass is 10.1. The first-order chi connectivity index (χ1) is 13.6. The van der Waals surface area contributed by atoms with Crippen molar-refractivity contribution in [3.63, 3.8) is 0 Å². The van der Waals surface area contributed by atoms with Crippen molar-refractivity contribution in [1.29, 1.82) is 0 Å². The average molecular weight is 455 g/mol. The number of primary sulfonamides is 1. The summed E-state index contributed by atoms with van der Waals surface area (Å²) < 4.78 is 27.8. The van der Waals surface area contributed by atoms with E-state index in [0.717, 1.165) is 11.8 Å². The van der Waals surface area contributed by atoms with Crippen molar-refractivity contribution in [3.8, 4) is 0 Å². The predicted octanol–water partition coefficient (Wildman–Crippen LogP) is 2.01. The van der Waals surface area contributed by atoms with Crippen LogP contribution in [0.1, 0.15) is 21.6 Å². The summed E-state index contributed by atoms with van der Waals surface area (Å²) in [6.07, 6.45) is 0. The molecule has 0 fully saturated rings. The van der Waals surface area contributed by atoms with Crippen molar-refractivity contribution in [2.24, 2.45) is 5.14 Å². The summed E-state index contributed by atoms with van der Waals surface area (Å²) in [6, 6.07) is 5.69. The fraction of sp³-hybridized carbons (Fsp3) is 0.176. The van der Waals surface area contributed by atoms with Crippen molar-refractivity contribution in [2.75, 3.05) is 7.11 Å². The van der Waals surface area contributed by atoms with Gasteiger partial charge in [-0.2, -0.15) is 0 Å². The molecule has 0 radical (unpaired) electrons. The number of H-pyrrole nitrogens is 1. The van der Waals surface area contributed by atoms with E-state index in [1.807, 2.05) is 0 Å². The Morgan fingerprint density at radius 3 is 2.66 bits per heavy atom. The van der Waals surface area contributed by atoms with Gasteiger partial charge >= 0.3 is 5.97 Å². The van der Waals surface area contributed by atoms with Gasteiger partial charge in [0.25, 0.3) is 5.56 Å². The zero-order valence-electron chi connectivity index (χ0n) is 15.2. The van der Waals surface area contributed by atoms with Gasteiger partial charge < -0.3 is 9.72 Å². The molecule has 0 saturated carbocycles. The van der Waals surface area contributed by atoms with E-state index in [-0.39, 0.29) is 37.4 Å². The normalized spacial score (nSPS) is 11.6. The smallest absolute Gasteiger partial charge is 0.338 e. The van der Waals surface area contributed by atoms with Crippen LogP contribution in [-0.2, 0) is 20.5 Å². The minimum Gasteiger partial charge on any atom is -0.465 e. The van der Waals surface area contributed by atoms with Gasteiger partial charge in [-0.15, -0.1) is 0 Å². The second-order valence-electron chi connectivity index (χ2n) is 6.00. The molecular formula is C17H15ClN4O5S2. The Morgan fingerprint density at radius 1 is 1.28 bits per heavy atom. The molecule has 1 aromatic carbocycles. The first-order valence-electron chi connectivity index (χ1n) is 8.03. The van der Waals surface area contributed by atoms with E-state index in [1.54, 1.807) is 13.0 Å². The second-order valence-corrected chi connectivity index (χ2v) is 8.96. The van der Waals surface area contributed by atoms with Crippen molar-refractivity contribution in [1.82, 2.24) is 15.0 Å². The second kappa shape index (κ2) is 8.11. The summed E-state index contributed by atoms with van der Waals surface area (Å²) in [5.41, 5.74) is 0.712. The van der Waals surface area contributed by atoms with Gasteiger partial charge in [-0.3, -0.25) is 4.79 Å². The molecule has 3 aromatic rings. The number of nitrogens with two attached hydrogens (primary N) is 1. The van der Waals surface area contributed by atoms with E-state index in [4.69, 9.17) is 21.5 Å². The van der Waals surface area contributed by atoms with Gasteiger partial charge in [0, 0.05) is 16.5 Å². The number of aromatic nitrogens is 3. The van der Waals surface area contributed by atoms with Crippen LogP contribution in [0.2, 0.25) is 5.02 Å². The fourth-order valence-corrected chi connectivity index (χ4v) is 4.32. The van der Waals surface area contributed by atoms with Gasteiger partial charge in [0.1, 0.15) is 0 Å². The summed E-state index contributed by atoms with van der Waals surface area (Å²) in [5, 5.41) is 5.64. The average Bonchev–Trinajstić information content (AvgIpc) is 2.63. The number of nitrogens with zero attached hydrogens (tertiary/aromatic N) is 2. The molecule has 12 heteroatoms. The number of esters is 1. The molecule has 0 aliphatic rings. The monoisotopic (exact) mass is 454 g/mol. The third kappa shape index (κ3) is 4.75. The van der Waals surface area contributed by atoms with Crippen LogP contribution in [0, 0.1) is 6.92 Å². The van der Waals surface area contributed by atoms with Crippen LogP contribution in [-0.4, -0.2) is 36.4 Å². The third-order valence-corrected chi connectivity index (χ3v) is 5.88. The third-order valence-electron chi connectivity index (χ3n) is 3.82. The number of carbonyl (C=O) groups excluding carboxylic acids is 1. The number of aromatic amines is 1. The van der Waals surface area contributed by atoms with Gasteiger partial charge in [-0.05, 0) is 36.8 Å². The van der Waals surface area contributed by atoms with E-state index >= 15 is 0 Å². The minimum absolute atomic E-state index is 0.0334. The quantitative estimate of drug-likeness (QED) is 0.338. The van der Waals surface area contributed by atoms with Gasteiger partial charge in [0.05, 0.1) is 23.0 Å². The number of thioether (sulfide) groups is 1. The first kappa shape index (κ1) is 21.2. The van der Waals surface area contributed by atoms with E-state index in [2.05, 4.69) is 15.0 Å². The molecule has 0 saturated heterocycles. The molecule has 0 aliphatic carbocycles. The number of carbonyl (C=O) groups is 1. The zero-order valence-corrected chi connectivity index (χ0v) is 17.6. The van der Waals surface area contributed by atoms with Crippen LogP contribution in [0.4, 0.5) is 0 Å². The summed E-state index contributed by atoms with van der Waals surface area (Å²) >= 11 is 7.10. The van der Waals surface area contributed by atoms with Crippen molar-refractivity contribution in [3.05, 3.63) is 56.5 Å². The Morgan fingerprint density at radius 2 is 2.00 bits per heavy atom.